The van der Waals surface area contributed by atoms with Gasteiger partial charge in [0.1, 0.15) is 5.75 Å². The third-order valence-electron chi connectivity index (χ3n) is 5.89. The van der Waals surface area contributed by atoms with Crippen LogP contribution in [0.1, 0.15) is 35.2 Å². The van der Waals surface area contributed by atoms with Crippen LogP contribution in [0.5, 0.6) is 5.75 Å². The molecule has 0 saturated carbocycles. The number of fused-ring (bicyclic) bond motifs is 1. The van der Waals surface area contributed by atoms with Gasteiger partial charge in [-0.25, -0.2) is 4.99 Å². The van der Waals surface area contributed by atoms with Crippen LogP contribution in [0.25, 0.3) is 16.5 Å². The molecule has 0 aliphatic carbocycles. The van der Waals surface area contributed by atoms with Gasteiger partial charge in [0.25, 0.3) is 0 Å². The number of aliphatic hydroxyl groups is 1. The number of methoxy groups -OCH3 is 1. The third kappa shape index (κ3) is 6.04. The van der Waals surface area contributed by atoms with Gasteiger partial charge in [0.15, 0.2) is 6.04 Å². The predicted molar refractivity (Wildman–Crippen MR) is 145 cm³/mol. The lowest BCUT2D eigenvalue weighted by atomic mass is 10.0. The Morgan fingerprint density at radius 3 is 2.23 bits per heavy atom. The van der Waals surface area contributed by atoms with Gasteiger partial charge in [-0.1, -0.05) is 59.6 Å². The first-order valence-electron chi connectivity index (χ1n) is 11.2. The fraction of sp³-hybridized carbons (Fsp3) is 0.138. The summed E-state index contributed by atoms with van der Waals surface area (Å²) < 4.78 is 5.36. The van der Waals surface area contributed by atoms with E-state index in [0.717, 1.165) is 44.5 Å². The smallest absolute Gasteiger partial charge is 0.208 e. The molecule has 0 bridgehead atoms. The van der Waals surface area contributed by atoms with Crippen LogP contribution in [0.4, 0.5) is 0 Å². The van der Waals surface area contributed by atoms with Crippen molar-refractivity contribution in [2.75, 3.05) is 7.11 Å². The van der Waals surface area contributed by atoms with E-state index in [4.69, 9.17) is 33.7 Å². The van der Waals surface area contributed by atoms with Crippen molar-refractivity contribution in [2.24, 2.45) is 5.73 Å². The molecule has 0 unspecified atom stereocenters. The largest absolute Gasteiger partial charge is 0.497 e. The Morgan fingerprint density at radius 2 is 1.57 bits per heavy atom. The highest BCUT2D eigenvalue weighted by molar-refractivity contribution is 6.34. The van der Waals surface area contributed by atoms with Gasteiger partial charge in [-0.05, 0) is 58.8 Å². The molecule has 0 radical (unpaired) electrons. The Kier molecular flexibility index (Phi) is 7.76. The predicted octanol–water partition coefficient (Wildman–Crippen LogP) is 5.28. The van der Waals surface area contributed by atoms with Crippen LogP contribution in [0.2, 0.25) is 10.0 Å². The molecule has 0 aliphatic rings. The van der Waals surface area contributed by atoms with E-state index in [0.29, 0.717) is 15.7 Å². The maximum absolute atomic E-state index is 9.36. The third-order valence-corrected chi connectivity index (χ3v) is 6.32. The topological polar surface area (TPSA) is 69.5 Å². The van der Waals surface area contributed by atoms with Crippen LogP contribution in [-0.2, 0) is 6.61 Å². The van der Waals surface area contributed by atoms with Crippen molar-refractivity contribution in [3.8, 4) is 5.75 Å². The molecule has 4 nitrogen and oxygen atoms in total. The van der Waals surface area contributed by atoms with E-state index in [1.807, 2.05) is 48.5 Å². The number of hydrogen-bond acceptors (Lipinski definition) is 3. The maximum Gasteiger partial charge on any atom is 0.208 e. The summed E-state index contributed by atoms with van der Waals surface area (Å²) >= 11 is 12.4. The molecular weight excluding hydrogens is 479 g/mol. The summed E-state index contributed by atoms with van der Waals surface area (Å²) in [6, 6.07) is 25.4. The Hall–Kier alpha value is -3.31. The van der Waals surface area contributed by atoms with E-state index in [1.54, 1.807) is 25.3 Å². The van der Waals surface area contributed by atoms with E-state index in [-0.39, 0.29) is 12.6 Å². The van der Waals surface area contributed by atoms with Gasteiger partial charge in [-0.3, -0.25) is 0 Å². The maximum atomic E-state index is 9.36. The Morgan fingerprint density at radius 1 is 0.914 bits per heavy atom. The van der Waals surface area contributed by atoms with Crippen LogP contribution >= 0.6 is 23.2 Å². The number of aliphatic hydroxyl groups excluding tert-OH is 1. The van der Waals surface area contributed by atoms with E-state index in [1.165, 1.54) is 0 Å². The standard InChI is InChI=1S/C29H26Cl2N2O2/c1-18(20-5-3-19(17-34)4-6-20)33-29(16-28(32)24-12-25(30)15-26(31)13-24)23-8-7-22-14-27(35-2)10-9-21(22)11-23/h3-16,18,34H,17,32H2,1-2H3/p+1/t18-/m0/s1. The Labute approximate surface area is 215 Å². The molecule has 4 rings (SSSR count). The molecule has 35 heavy (non-hydrogen) atoms. The highest BCUT2D eigenvalue weighted by Gasteiger charge is 2.16. The van der Waals surface area contributed by atoms with Crippen molar-refractivity contribution in [1.29, 1.82) is 0 Å². The minimum absolute atomic E-state index is 0.0167. The molecule has 178 valence electrons. The molecule has 0 amide bonds. The highest BCUT2D eigenvalue weighted by atomic mass is 35.5. The fourth-order valence-electron chi connectivity index (χ4n) is 3.91. The summed E-state index contributed by atoms with van der Waals surface area (Å²) in [6.45, 7) is 2.10. The Balaban J connectivity index is 1.80. The molecule has 6 heteroatoms. The highest BCUT2D eigenvalue weighted by Crippen LogP contribution is 2.24. The average molecular weight is 506 g/mol. The summed E-state index contributed by atoms with van der Waals surface area (Å²) in [5, 5.41) is 12.6. The first-order valence-corrected chi connectivity index (χ1v) is 12.0. The van der Waals surface area contributed by atoms with Gasteiger partial charge in [0.05, 0.1) is 13.7 Å². The number of halogens is 2. The van der Waals surface area contributed by atoms with Crippen LogP contribution in [0, 0.1) is 0 Å². The van der Waals surface area contributed by atoms with Crippen LogP contribution in [0.3, 0.4) is 0 Å². The zero-order valence-electron chi connectivity index (χ0n) is 19.6. The van der Waals surface area contributed by atoms with Crippen molar-refractivity contribution >= 4 is 45.4 Å². The number of rotatable bonds is 7. The molecule has 4 aromatic carbocycles. The second-order valence-electron chi connectivity index (χ2n) is 8.37. The number of benzene rings is 4. The van der Waals surface area contributed by atoms with Crippen molar-refractivity contribution in [1.82, 2.24) is 0 Å². The van der Waals surface area contributed by atoms with Gasteiger partial charge in [0, 0.05) is 45.4 Å². The molecule has 0 heterocycles. The lowest BCUT2D eigenvalue weighted by molar-refractivity contribution is -0.503. The van der Waals surface area contributed by atoms with Gasteiger partial charge in [-0.15, -0.1) is 0 Å². The zero-order valence-corrected chi connectivity index (χ0v) is 21.1. The minimum Gasteiger partial charge on any atom is -0.497 e. The van der Waals surface area contributed by atoms with Crippen molar-refractivity contribution in [3.63, 3.8) is 0 Å². The summed E-state index contributed by atoms with van der Waals surface area (Å²) in [5.74, 6) is 0.814. The van der Waals surface area contributed by atoms with Crippen LogP contribution < -0.4 is 15.5 Å². The fourth-order valence-corrected chi connectivity index (χ4v) is 4.44. The molecule has 0 aromatic heterocycles. The summed E-state index contributed by atoms with van der Waals surface area (Å²) in [7, 11) is 1.66. The van der Waals surface area contributed by atoms with E-state index in [9.17, 15) is 5.11 Å². The summed E-state index contributed by atoms with van der Waals surface area (Å²) in [4.78, 5) is 3.61. The molecule has 4 N–H and O–H groups in total. The number of nitrogens with one attached hydrogen (secondary N) is 1. The van der Waals surface area contributed by atoms with Crippen molar-refractivity contribution < 1.29 is 14.8 Å². The first-order chi connectivity index (χ1) is 16.9. The monoisotopic (exact) mass is 505 g/mol. The second kappa shape index (κ2) is 11.0. The quantitative estimate of drug-likeness (QED) is 0.299. The molecule has 0 saturated heterocycles. The minimum atomic E-state index is -0.0173. The van der Waals surface area contributed by atoms with Gasteiger partial charge in [-0.2, -0.15) is 0 Å². The summed E-state index contributed by atoms with van der Waals surface area (Å²) in [5.41, 5.74) is 11.6. The molecule has 0 fully saturated rings. The van der Waals surface area contributed by atoms with Crippen LogP contribution in [0.15, 0.2) is 84.9 Å². The van der Waals surface area contributed by atoms with Crippen LogP contribution in [-0.4, -0.2) is 17.9 Å². The first kappa shape index (κ1) is 24.8. The number of nitrogens with two attached hydrogens (primary N) is 1. The number of allylic oxidation sites excluding steroid dienone is 1. The van der Waals surface area contributed by atoms with E-state index < -0.39 is 0 Å². The van der Waals surface area contributed by atoms with Gasteiger partial charge >= 0.3 is 0 Å². The molecule has 1 atom stereocenters. The number of hydrogen-bond donors (Lipinski definition) is 3. The lowest BCUT2D eigenvalue weighted by Gasteiger charge is -2.09. The molecular formula is C29H27Cl2N2O2+. The molecule has 4 aromatic rings. The average Bonchev–Trinajstić information content (AvgIpc) is 2.87. The second-order valence-corrected chi connectivity index (χ2v) is 9.24. The van der Waals surface area contributed by atoms with Gasteiger partial charge < -0.3 is 15.6 Å². The lowest BCUT2D eigenvalue weighted by Crippen LogP contribution is -2.73. The number of ether oxygens (including phenoxy) is 1. The zero-order chi connectivity index (χ0) is 24.9. The van der Waals surface area contributed by atoms with E-state index in [2.05, 4.69) is 30.1 Å². The normalized spacial score (nSPS) is 13.2. The Bertz CT molecular complexity index is 1390. The van der Waals surface area contributed by atoms with E-state index >= 15 is 0 Å². The summed E-state index contributed by atoms with van der Waals surface area (Å²) in [6.07, 6.45) is 1.91. The van der Waals surface area contributed by atoms with Gasteiger partial charge in [0.2, 0.25) is 5.71 Å². The van der Waals surface area contributed by atoms with Crippen molar-refractivity contribution in [2.45, 2.75) is 19.6 Å². The molecule has 0 aliphatic heterocycles. The van der Waals surface area contributed by atoms with Crippen molar-refractivity contribution in [3.05, 3.63) is 117 Å². The SMILES string of the molecule is COc1ccc2cc(C(C=C(N)c3cc(Cl)cc(Cl)c3)=[NH+][C@@H](C)c3ccc(CO)cc3)ccc2c1. The molecule has 0 spiro atoms.